The highest BCUT2D eigenvalue weighted by Gasteiger charge is 2.42. The molecular weight excluding hydrogens is 265 g/mol. The highest BCUT2D eigenvalue weighted by Crippen LogP contribution is 2.25. The Morgan fingerprint density at radius 2 is 2.16 bits per heavy atom. The van der Waals surface area contributed by atoms with Gasteiger partial charge >= 0.3 is 6.18 Å². The van der Waals surface area contributed by atoms with Gasteiger partial charge in [-0.1, -0.05) is 5.16 Å². The smallest absolute Gasteiger partial charge is 0.400 e. The van der Waals surface area contributed by atoms with E-state index in [1.807, 2.05) is 0 Å². The SMILES string of the molecule is Cc1nc(CNCC(C(N)=NO)C(F)(F)F)oc1C. The molecule has 6 nitrogen and oxygen atoms in total. The van der Waals surface area contributed by atoms with Gasteiger partial charge < -0.3 is 20.7 Å². The van der Waals surface area contributed by atoms with Crippen LogP contribution in [0, 0.1) is 19.8 Å². The zero-order valence-electron chi connectivity index (χ0n) is 10.5. The first kappa shape index (κ1) is 15.3. The molecule has 1 unspecified atom stereocenters. The first-order valence-electron chi connectivity index (χ1n) is 5.43. The van der Waals surface area contributed by atoms with E-state index in [0.29, 0.717) is 11.5 Å². The monoisotopic (exact) mass is 280 g/mol. The van der Waals surface area contributed by atoms with Gasteiger partial charge in [-0.15, -0.1) is 0 Å². The van der Waals surface area contributed by atoms with Crippen molar-refractivity contribution in [3.05, 3.63) is 17.3 Å². The maximum Gasteiger partial charge on any atom is 0.400 e. The van der Waals surface area contributed by atoms with E-state index in [-0.39, 0.29) is 12.4 Å². The maximum absolute atomic E-state index is 12.6. The molecule has 4 N–H and O–H groups in total. The summed E-state index contributed by atoms with van der Waals surface area (Å²) in [5, 5.41) is 13.2. The van der Waals surface area contributed by atoms with E-state index >= 15 is 0 Å². The molecule has 1 aromatic rings. The standard InChI is InChI=1S/C10H15F3N4O2/c1-5-6(2)19-8(16-5)4-15-3-7(9(14)17-18)10(11,12)13/h7,15,18H,3-4H2,1-2H3,(H2,14,17). The molecule has 0 radical (unpaired) electrons. The molecule has 1 atom stereocenters. The number of oxazole rings is 1. The van der Waals surface area contributed by atoms with E-state index in [4.69, 9.17) is 15.4 Å². The van der Waals surface area contributed by atoms with Crippen LogP contribution in [0.4, 0.5) is 13.2 Å². The summed E-state index contributed by atoms with van der Waals surface area (Å²) in [6, 6.07) is 0. The van der Waals surface area contributed by atoms with Crippen LogP contribution >= 0.6 is 0 Å². The van der Waals surface area contributed by atoms with Crippen LogP contribution in [0.2, 0.25) is 0 Å². The van der Waals surface area contributed by atoms with Gasteiger partial charge in [0.1, 0.15) is 11.7 Å². The third kappa shape index (κ3) is 4.12. The molecule has 0 saturated heterocycles. The zero-order valence-corrected chi connectivity index (χ0v) is 10.5. The number of nitrogens with two attached hydrogens (primary N) is 1. The second-order valence-electron chi connectivity index (χ2n) is 4.00. The van der Waals surface area contributed by atoms with E-state index in [1.165, 1.54) is 0 Å². The maximum atomic E-state index is 12.6. The molecule has 0 bridgehead atoms. The molecule has 0 aliphatic rings. The van der Waals surface area contributed by atoms with Gasteiger partial charge in [0.15, 0.2) is 5.84 Å². The predicted molar refractivity (Wildman–Crippen MR) is 60.6 cm³/mol. The number of halogens is 3. The molecule has 19 heavy (non-hydrogen) atoms. The number of amidine groups is 1. The van der Waals surface area contributed by atoms with E-state index in [2.05, 4.69) is 15.5 Å². The summed E-state index contributed by atoms with van der Waals surface area (Å²) in [5.41, 5.74) is 5.69. The summed E-state index contributed by atoms with van der Waals surface area (Å²) in [6.45, 7) is 2.94. The van der Waals surface area contributed by atoms with E-state index < -0.39 is 24.5 Å². The number of nitrogens with one attached hydrogen (secondary N) is 1. The molecule has 1 aromatic heterocycles. The average molecular weight is 280 g/mol. The molecule has 0 aliphatic carbocycles. The Hall–Kier alpha value is -1.77. The van der Waals surface area contributed by atoms with Crippen molar-refractivity contribution in [2.24, 2.45) is 16.8 Å². The van der Waals surface area contributed by atoms with Gasteiger partial charge in [0.25, 0.3) is 0 Å². The average Bonchev–Trinajstić information content (AvgIpc) is 2.62. The van der Waals surface area contributed by atoms with Gasteiger partial charge in [-0.3, -0.25) is 0 Å². The molecule has 0 saturated carbocycles. The Morgan fingerprint density at radius 1 is 1.53 bits per heavy atom. The first-order chi connectivity index (χ1) is 8.75. The van der Waals surface area contributed by atoms with Crippen molar-refractivity contribution >= 4 is 5.84 Å². The van der Waals surface area contributed by atoms with Crippen molar-refractivity contribution in [3.8, 4) is 0 Å². The van der Waals surface area contributed by atoms with Crippen LogP contribution < -0.4 is 11.1 Å². The Kier molecular flexibility index (Phi) is 4.76. The molecule has 9 heteroatoms. The number of hydrogen-bond acceptors (Lipinski definition) is 5. The summed E-state index contributed by atoms with van der Waals surface area (Å²) in [5.74, 6) is -2.05. The number of hydrogen-bond donors (Lipinski definition) is 3. The lowest BCUT2D eigenvalue weighted by atomic mass is 10.1. The summed E-state index contributed by atoms with van der Waals surface area (Å²) in [4.78, 5) is 4.01. The van der Waals surface area contributed by atoms with Gasteiger partial charge in [-0.2, -0.15) is 13.2 Å². The largest absolute Gasteiger partial charge is 0.444 e. The van der Waals surface area contributed by atoms with Crippen LogP contribution in [-0.2, 0) is 6.54 Å². The molecule has 108 valence electrons. The minimum absolute atomic E-state index is 0.0277. The fraction of sp³-hybridized carbons (Fsp3) is 0.600. The molecule has 0 aromatic carbocycles. The van der Waals surface area contributed by atoms with E-state index in [9.17, 15) is 13.2 Å². The third-order valence-corrected chi connectivity index (χ3v) is 2.57. The zero-order chi connectivity index (χ0) is 14.6. The van der Waals surface area contributed by atoms with Crippen LogP contribution in [0.15, 0.2) is 9.57 Å². The highest BCUT2D eigenvalue weighted by molar-refractivity contribution is 5.83. The van der Waals surface area contributed by atoms with Gasteiger partial charge in [0.2, 0.25) is 5.89 Å². The number of aromatic nitrogens is 1. The lowest BCUT2D eigenvalue weighted by molar-refractivity contribution is -0.155. The van der Waals surface area contributed by atoms with Gasteiger partial charge in [0, 0.05) is 6.54 Å². The summed E-state index contributed by atoms with van der Waals surface area (Å²) >= 11 is 0. The van der Waals surface area contributed by atoms with Crippen molar-refractivity contribution in [1.29, 1.82) is 0 Å². The van der Waals surface area contributed by atoms with Crippen LogP contribution in [0.1, 0.15) is 17.3 Å². The fourth-order valence-corrected chi connectivity index (χ4v) is 1.40. The summed E-state index contributed by atoms with van der Waals surface area (Å²) in [7, 11) is 0. The fourth-order valence-electron chi connectivity index (χ4n) is 1.40. The van der Waals surface area contributed by atoms with Crippen molar-refractivity contribution in [2.45, 2.75) is 26.6 Å². The Morgan fingerprint density at radius 3 is 2.58 bits per heavy atom. The quantitative estimate of drug-likeness (QED) is 0.327. The number of rotatable bonds is 5. The Bertz CT molecular complexity index is 437. The number of oxime groups is 1. The lowest BCUT2D eigenvalue weighted by Crippen LogP contribution is -2.42. The Labute approximate surface area is 107 Å². The number of aryl methyl sites for hydroxylation is 2. The van der Waals surface area contributed by atoms with E-state index in [1.54, 1.807) is 13.8 Å². The van der Waals surface area contributed by atoms with Crippen LogP contribution in [0.5, 0.6) is 0 Å². The molecular formula is C10H15F3N4O2. The van der Waals surface area contributed by atoms with Gasteiger partial charge in [-0.05, 0) is 13.8 Å². The molecule has 0 aliphatic heterocycles. The molecule has 0 amide bonds. The van der Waals surface area contributed by atoms with Crippen molar-refractivity contribution in [1.82, 2.24) is 10.3 Å². The highest BCUT2D eigenvalue weighted by atomic mass is 19.4. The van der Waals surface area contributed by atoms with Crippen molar-refractivity contribution in [2.75, 3.05) is 6.54 Å². The summed E-state index contributed by atoms with van der Waals surface area (Å²) in [6.07, 6.45) is -4.59. The van der Waals surface area contributed by atoms with Crippen molar-refractivity contribution < 1.29 is 22.8 Å². The van der Waals surface area contributed by atoms with Gasteiger partial charge in [-0.25, -0.2) is 4.98 Å². The van der Waals surface area contributed by atoms with Crippen molar-refractivity contribution in [3.63, 3.8) is 0 Å². The minimum Gasteiger partial charge on any atom is -0.444 e. The second-order valence-corrected chi connectivity index (χ2v) is 4.00. The minimum atomic E-state index is -4.59. The second kappa shape index (κ2) is 5.91. The lowest BCUT2D eigenvalue weighted by Gasteiger charge is -2.18. The van der Waals surface area contributed by atoms with Crippen LogP contribution in [0.25, 0.3) is 0 Å². The Balaban J connectivity index is 2.58. The number of alkyl halides is 3. The molecule has 0 fully saturated rings. The van der Waals surface area contributed by atoms with Gasteiger partial charge in [0.05, 0.1) is 12.2 Å². The van der Waals surface area contributed by atoms with Crippen LogP contribution in [-0.4, -0.2) is 28.7 Å². The molecule has 1 rings (SSSR count). The number of nitrogens with zero attached hydrogens (tertiary/aromatic N) is 2. The topological polar surface area (TPSA) is 96.7 Å². The normalized spacial score (nSPS) is 14.7. The van der Waals surface area contributed by atoms with Crippen LogP contribution in [0.3, 0.4) is 0 Å². The molecule has 1 heterocycles. The predicted octanol–water partition coefficient (Wildman–Crippen LogP) is 1.31. The molecule has 0 spiro atoms. The summed E-state index contributed by atoms with van der Waals surface area (Å²) < 4.78 is 43.0. The first-order valence-corrected chi connectivity index (χ1v) is 5.43. The third-order valence-electron chi connectivity index (χ3n) is 2.57. The van der Waals surface area contributed by atoms with E-state index in [0.717, 1.165) is 0 Å².